The van der Waals surface area contributed by atoms with Crippen LogP contribution in [0, 0.1) is 11.6 Å². The third kappa shape index (κ3) is 6.20. The number of carbonyl (C=O) groups excluding carboxylic acids is 1. The number of methoxy groups -OCH3 is 3. The second kappa shape index (κ2) is 13.8. The SMILES string of the molecule is COc1ncc(-c2ccc3nc(N)c(-c4ccc(C(=O)N5CCOCC5)c(OC)c4OC)cc3c2)cc1N(C)S(=O)(=O)c1ccc(F)cc1F. The molecule has 0 unspecified atom stereocenters. The lowest BCUT2D eigenvalue weighted by Gasteiger charge is -2.28. The van der Waals surface area contributed by atoms with Crippen molar-refractivity contribution in [2.75, 3.05) is 64.7 Å². The largest absolute Gasteiger partial charge is 0.492 e. The third-order valence-corrected chi connectivity index (χ3v) is 10.2. The second-order valence-corrected chi connectivity index (χ2v) is 13.2. The molecule has 3 heterocycles. The van der Waals surface area contributed by atoms with Crippen LogP contribution >= 0.6 is 0 Å². The first-order chi connectivity index (χ1) is 24.0. The molecule has 0 aliphatic carbocycles. The molecule has 50 heavy (non-hydrogen) atoms. The molecule has 1 amide bonds. The predicted molar refractivity (Wildman–Crippen MR) is 183 cm³/mol. The van der Waals surface area contributed by atoms with Crippen LogP contribution in [-0.4, -0.2) is 83.9 Å². The van der Waals surface area contributed by atoms with E-state index in [1.54, 1.807) is 29.2 Å². The number of hydrogen-bond donors (Lipinski definition) is 1. The maximum atomic E-state index is 14.6. The molecular formula is C35H33F2N5O7S. The first-order valence-corrected chi connectivity index (χ1v) is 16.7. The van der Waals surface area contributed by atoms with E-state index in [2.05, 4.69) is 9.97 Å². The van der Waals surface area contributed by atoms with Crippen LogP contribution in [0.1, 0.15) is 10.4 Å². The molecule has 2 aromatic heterocycles. The van der Waals surface area contributed by atoms with Gasteiger partial charge in [0.2, 0.25) is 5.88 Å². The number of halogens is 2. The molecule has 1 aliphatic heterocycles. The molecule has 5 aromatic rings. The highest BCUT2D eigenvalue weighted by Crippen LogP contribution is 2.44. The smallest absolute Gasteiger partial charge is 0.267 e. The molecule has 0 saturated carbocycles. The number of nitrogens with zero attached hydrogens (tertiary/aromatic N) is 4. The van der Waals surface area contributed by atoms with E-state index in [0.29, 0.717) is 76.8 Å². The molecule has 12 nitrogen and oxygen atoms in total. The lowest BCUT2D eigenvalue weighted by atomic mass is 9.98. The van der Waals surface area contributed by atoms with Crippen molar-refractivity contribution in [1.82, 2.24) is 14.9 Å². The van der Waals surface area contributed by atoms with Gasteiger partial charge in [-0.15, -0.1) is 0 Å². The molecule has 260 valence electrons. The minimum Gasteiger partial charge on any atom is -0.492 e. The molecule has 1 fully saturated rings. The molecule has 0 radical (unpaired) electrons. The summed E-state index contributed by atoms with van der Waals surface area (Å²) in [5, 5.41) is 0.674. The van der Waals surface area contributed by atoms with E-state index in [9.17, 15) is 22.0 Å². The molecule has 2 N–H and O–H groups in total. The molecule has 1 saturated heterocycles. The second-order valence-electron chi connectivity index (χ2n) is 11.3. The van der Waals surface area contributed by atoms with Gasteiger partial charge in [0.1, 0.15) is 28.0 Å². The van der Waals surface area contributed by atoms with E-state index >= 15 is 0 Å². The summed E-state index contributed by atoms with van der Waals surface area (Å²) in [7, 11) is 1.01. The number of sulfonamides is 1. The highest BCUT2D eigenvalue weighted by Gasteiger charge is 2.29. The fraction of sp³-hybridized carbons (Fsp3) is 0.229. The van der Waals surface area contributed by atoms with Gasteiger partial charge in [-0.05, 0) is 54.1 Å². The zero-order valence-corrected chi connectivity index (χ0v) is 28.4. The standard InChI is InChI=1S/C35H33F2N5O7S/c1-41(50(44,45)30-10-6-23(36)18-27(30)37)29-17-22(19-39-34(29)48-4)20-5-9-28-21(15-20)16-26(33(38)40-28)24-7-8-25(32(47-3)31(24)46-2)35(43)42-11-13-49-14-12-42/h5-10,15-19H,11-14H2,1-4H3,(H2,38,40). The van der Waals surface area contributed by atoms with Crippen LogP contribution < -0.4 is 24.2 Å². The van der Waals surface area contributed by atoms with Gasteiger partial charge in [-0.3, -0.25) is 9.10 Å². The molecule has 6 rings (SSSR count). The van der Waals surface area contributed by atoms with Gasteiger partial charge in [-0.1, -0.05) is 6.07 Å². The molecule has 1 aliphatic rings. The number of aromatic nitrogens is 2. The van der Waals surface area contributed by atoms with Gasteiger partial charge in [0, 0.05) is 54.5 Å². The van der Waals surface area contributed by atoms with E-state index < -0.39 is 26.6 Å². The summed E-state index contributed by atoms with van der Waals surface area (Å²) in [4.78, 5) is 23.3. The predicted octanol–water partition coefficient (Wildman–Crippen LogP) is 5.15. The number of anilines is 2. The number of ether oxygens (including phenoxy) is 4. The number of nitrogen functional groups attached to an aromatic ring is 1. The van der Waals surface area contributed by atoms with Crippen LogP contribution in [0.25, 0.3) is 33.2 Å². The number of rotatable bonds is 9. The molecule has 0 atom stereocenters. The van der Waals surface area contributed by atoms with Crippen LogP contribution in [-0.2, 0) is 14.8 Å². The van der Waals surface area contributed by atoms with Crippen molar-refractivity contribution in [1.29, 1.82) is 0 Å². The van der Waals surface area contributed by atoms with Gasteiger partial charge < -0.3 is 29.6 Å². The summed E-state index contributed by atoms with van der Waals surface area (Å²) < 4.78 is 77.9. The van der Waals surface area contributed by atoms with E-state index in [1.807, 2.05) is 12.1 Å². The summed E-state index contributed by atoms with van der Waals surface area (Å²) in [5.41, 5.74) is 9.61. The number of hydrogen-bond acceptors (Lipinski definition) is 10. The average Bonchev–Trinajstić information content (AvgIpc) is 3.13. The average molecular weight is 706 g/mol. The fourth-order valence-corrected chi connectivity index (χ4v) is 7.04. The lowest BCUT2D eigenvalue weighted by Crippen LogP contribution is -2.40. The zero-order valence-electron chi connectivity index (χ0n) is 27.6. The Morgan fingerprint density at radius 3 is 2.32 bits per heavy atom. The summed E-state index contributed by atoms with van der Waals surface area (Å²) in [6.07, 6.45) is 1.51. The number of nitrogens with two attached hydrogens (primary N) is 1. The van der Waals surface area contributed by atoms with Crippen LogP contribution in [0.4, 0.5) is 20.3 Å². The monoisotopic (exact) mass is 705 g/mol. The summed E-state index contributed by atoms with van der Waals surface area (Å²) >= 11 is 0. The Bertz CT molecular complexity index is 2230. The van der Waals surface area contributed by atoms with Crippen molar-refractivity contribution in [2.45, 2.75) is 4.90 Å². The zero-order chi connectivity index (χ0) is 35.7. The fourth-order valence-electron chi connectivity index (χ4n) is 5.81. The van der Waals surface area contributed by atoms with Crippen LogP contribution in [0.2, 0.25) is 0 Å². The maximum Gasteiger partial charge on any atom is 0.267 e. The molecule has 0 bridgehead atoms. The Hall–Kier alpha value is -5.54. The lowest BCUT2D eigenvalue weighted by molar-refractivity contribution is 0.0300. The summed E-state index contributed by atoms with van der Waals surface area (Å²) in [6.45, 7) is 1.81. The van der Waals surface area contributed by atoms with Gasteiger partial charge in [0.15, 0.2) is 11.5 Å². The van der Waals surface area contributed by atoms with Crippen molar-refractivity contribution in [3.05, 3.63) is 84.1 Å². The quantitative estimate of drug-likeness (QED) is 0.219. The Labute approximate surface area is 287 Å². The van der Waals surface area contributed by atoms with E-state index in [1.165, 1.54) is 40.6 Å². The van der Waals surface area contributed by atoms with Crippen LogP contribution in [0.5, 0.6) is 17.4 Å². The Morgan fingerprint density at radius 2 is 1.64 bits per heavy atom. The normalized spacial score (nSPS) is 13.3. The van der Waals surface area contributed by atoms with Gasteiger partial charge in [0.25, 0.3) is 15.9 Å². The van der Waals surface area contributed by atoms with E-state index in [4.69, 9.17) is 24.7 Å². The third-order valence-electron chi connectivity index (χ3n) is 8.41. The minimum absolute atomic E-state index is 0.0217. The summed E-state index contributed by atoms with van der Waals surface area (Å²) in [6, 6.07) is 14.3. The molecule has 15 heteroatoms. The number of benzene rings is 3. The molecule has 3 aromatic carbocycles. The van der Waals surface area contributed by atoms with E-state index in [-0.39, 0.29) is 29.0 Å². The van der Waals surface area contributed by atoms with Crippen molar-refractivity contribution in [3.63, 3.8) is 0 Å². The van der Waals surface area contributed by atoms with Crippen molar-refractivity contribution in [3.8, 4) is 39.6 Å². The van der Waals surface area contributed by atoms with Gasteiger partial charge in [-0.25, -0.2) is 27.2 Å². The summed E-state index contributed by atoms with van der Waals surface area (Å²) in [5.74, 6) is -1.60. The number of morpholine rings is 1. The molecular weight excluding hydrogens is 672 g/mol. The topological polar surface area (TPSA) is 146 Å². The minimum atomic E-state index is -4.48. The number of carbonyl (C=O) groups is 1. The van der Waals surface area contributed by atoms with Crippen molar-refractivity contribution in [2.24, 2.45) is 0 Å². The first-order valence-electron chi connectivity index (χ1n) is 15.3. The number of amides is 1. The van der Waals surface area contributed by atoms with Crippen LogP contribution in [0.15, 0.2) is 71.8 Å². The Balaban J connectivity index is 1.41. The maximum absolute atomic E-state index is 14.6. The van der Waals surface area contributed by atoms with E-state index in [0.717, 1.165) is 16.4 Å². The first kappa shape index (κ1) is 34.3. The number of fused-ring (bicyclic) bond motifs is 1. The number of pyridine rings is 2. The van der Waals surface area contributed by atoms with Gasteiger partial charge >= 0.3 is 0 Å². The van der Waals surface area contributed by atoms with Gasteiger partial charge in [0.05, 0.1) is 45.6 Å². The Morgan fingerprint density at radius 1 is 0.900 bits per heavy atom. The van der Waals surface area contributed by atoms with Gasteiger partial charge in [-0.2, -0.15) is 0 Å². The van der Waals surface area contributed by atoms with Crippen molar-refractivity contribution >= 4 is 38.3 Å². The molecule has 0 spiro atoms. The van der Waals surface area contributed by atoms with Crippen molar-refractivity contribution < 1.29 is 40.9 Å². The highest BCUT2D eigenvalue weighted by molar-refractivity contribution is 7.92. The highest BCUT2D eigenvalue weighted by atomic mass is 32.2. The Kier molecular flexibility index (Phi) is 9.45. The van der Waals surface area contributed by atoms with Crippen LogP contribution in [0.3, 0.4) is 0 Å².